The summed E-state index contributed by atoms with van der Waals surface area (Å²) >= 11 is 5.58. The molecule has 27 heavy (non-hydrogen) atoms. The van der Waals surface area contributed by atoms with Crippen LogP contribution in [0.4, 0.5) is 10.1 Å². The highest BCUT2D eigenvalue weighted by molar-refractivity contribution is 7.80. The number of pyridine rings is 1. The van der Waals surface area contributed by atoms with Gasteiger partial charge in [0.05, 0.1) is 18.9 Å². The summed E-state index contributed by atoms with van der Waals surface area (Å²) in [5.74, 6) is -0.311. The Morgan fingerprint density at radius 2 is 2.04 bits per heavy atom. The van der Waals surface area contributed by atoms with Crippen molar-refractivity contribution in [1.29, 1.82) is 0 Å². The molecule has 1 aliphatic rings. The minimum Gasteiger partial charge on any atom is -0.379 e. The van der Waals surface area contributed by atoms with Crippen LogP contribution in [0.3, 0.4) is 0 Å². The Hall–Kier alpha value is -2.09. The Kier molecular flexibility index (Phi) is 7.50. The van der Waals surface area contributed by atoms with Crippen molar-refractivity contribution in [1.82, 2.24) is 14.8 Å². The van der Waals surface area contributed by atoms with Gasteiger partial charge in [0.25, 0.3) is 0 Å². The zero-order valence-corrected chi connectivity index (χ0v) is 16.1. The van der Waals surface area contributed by atoms with E-state index in [0.717, 1.165) is 51.4 Å². The lowest BCUT2D eigenvalue weighted by molar-refractivity contribution is 0.0368. The molecular weight excluding hydrogens is 363 g/mol. The van der Waals surface area contributed by atoms with Crippen LogP contribution in [0.15, 0.2) is 48.8 Å². The van der Waals surface area contributed by atoms with Crippen molar-refractivity contribution in [3.8, 4) is 0 Å². The molecule has 0 bridgehead atoms. The number of thiocarbonyl (C=S) groups is 1. The average Bonchev–Trinajstić information content (AvgIpc) is 2.70. The highest BCUT2D eigenvalue weighted by atomic mass is 32.1. The van der Waals surface area contributed by atoms with Crippen LogP contribution >= 0.6 is 12.2 Å². The second-order valence-corrected chi connectivity index (χ2v) is 6.89. The van der Waals surface area contributed by atoms with Gasteiger partial charge in [0.15, 0.2) is 5.11 Å². The highest BCUT2D eigenvalue weighted by Crippen LogP contribution is 2.15. The number of nitrogens with zero attached hydrogens (tertiary/aromatic N) is 3. The number of para-hydroxylation sites is 1. The van der Waals surface area contributed by atoms with Gasteiger partial charge in [0.1, 0.15) is 5.82 Å². The maximum atomic E-state index is 14.0. The van der Waals surface area contributed by atoms with E-state index in [1.165, 1.54) is 6.07 Å². The minimum absolute atomic E-state index is 0.311. The molecule has 7 heteroatoms. The Bertz CT molecular complexity index is 725. The summed E-state index contributed by atoms with van der Waals surface area (Å²) in [6.07, 6.45) is 4.56. The fraction of sp³-hybridized carbons (Fsp3) is 0.400. The van der Waals surface area contributed by atoms with Crippen molar-refractivity contribution in [2.75, 3.05) is 44.7 Å². The summed E-state index contributed by atoms with van der Waals surface area (Å²) in [6, 6.07) is 10.5. The highest BCUT2D eigenvalue weighted by Gasteiger charge is 2.14. The van der Waals surface area contributed by atoms with Crippen molar-refractivity contribution < 1.29 is 9.13 Å². The van der Waals surface area contributed by atoms with Gasteiger partial charge in [0.2, 0.25) is 0 Å². The second-order valence-electron chi connectivity index (χ2n) is 6.50. The van der Waals surface area contributed by atoms with E-state index in [0.29, 0.717) is 17.3 Å². The van der Waals surface area contributed by atoms with Crippen LogP contribution in [-0.4, -0.2) is 59.3 Å². The molecule has 1 saturated heterocycles. The Morgan fingerprint density at radius 1 is 1.22 bits per heavy atom. The van der Waals surface area contributed by atoms with E-state index < -0.39 is 0 Å². The monoisotopic (exact) mass is 388 g/mol. The molecule has 0 atom stereocenters. The van der Waals surface area contributed by atoms with Crippen LogP contribution in [0, 0.1) is 5.82 Å². The quantitative estimate of drug-likeness (QED) is 0.735. The van der Waals surface area contributed by atoms with E-state index >= 15 is 0 Å². The number of nitrogens with one attached hydrogen (secondary N) is 1. The number of rotatable bonds is 7. The Morgan fingerprint density at radius 3 is 2.78 bits per heavy atom. The van der Waals surface area contributed by atoms with Crippen LogP contribution in [0.25, 0.3) is 0 Å². The number of morpholine rings is 1. The molecule has 2 aromatic rings. The Labute approximate surface area is 165 Å². The fourth-order valence-corrected chi connectivity index (χ4v) is 3.30. The number of hydrogen-bond donors (Lipinski definition) is 1. The third-order valence-electron chi connectivity index (χ3n) is 4.50. The van der Waals surface area contributed by atoms with Crippen molar-refractivity contribution in [2.24, 2.45) is 0 Å². The number of aromatic nitrogens is 1. The van der Waals surface area contributed by atoms with Gasteiger partial charge in [-0.1, -0.05) is 18.2 Å². The molecule has 1 N–H and O–H groups in total. The molecule has 0 unspecified atom stereocenters. The number of hydrogen-bond acceptors (Lipinski definition) is 4. The summed E-state index contributed by atoms with van der Waals surface area (Å²) in [4.78, 5) is 8.65. The summed E-state index contributed by atoms with van der Waals surface area (Å²) in [7, 11) is 0. The maximum absolute atomic E-state index is 14.0. The first-order chi connectivity index (χ1) is 13.2. The van der Waals surface area contributed by atoms with Crippen molar-refractivity contribution >= 4 is 23.0 Å². The van der Waals surface area contributed by atoms with E-state index in [1.54, 1.807) is 24.4 Å². The molecule has 0 radical (unpaired) electrons. The molecule has 0 saturated carbocycles. The SMILES string of the molecule is Fc1ccccc1NC(=S)N(CCCN1CCOCC1)Cc1cccnc1. The molecule has 3 rings (SSSR count). The first-order valence-electron chi connectivity index (χ1n) is 9.22. The average molecular weight is 389 g/mol. The number of halogens is 1. The lowest BCUT2D eigenvalue weighted by atomic mass is 10.2. The van der Waals surface area contributed by atoms with Gasteiger partial charge in [-0.15, -0.1) is 0 Å². The van der Waals surface area contributed by atoms with Crippen LogP contribution in [-0.2, 0) is 11.3 Å². The van der Waals surface area contributed by atoms with Gasteiger partial charge in [-0.05, 0) is 42.4 Å². The minimum atomic E-state index is -0.311. The second kappa shape index (κ2) is 10.3. The molecular formula is C20H25FN4OS. The fourth-order valence-electron chi connectivity index (χ4n) is 3.03. The maximum Gasteiger partial charge on any atom is 0.173 e. The molecule has 1 aromatic carbocycles. The van der Waals surface area contributed by atoms with Crippen molar-refractivity contribution in [2.45, 2.75) is 13.0 Å². The molecule has 1 fully saturated rings. The van der Waals surface area contributed by atoms with Gasteiger partial charge in [-0.25, -0.2) is 4.39 Å². The number of anilines is 1. The molecule has 0 spiro atoms. The molecule has 5 nitrogen and oxygen atoms in total. The zero-order valence-electron chi connectivity index (χ0n) is 15.3. The smallest absolute Gasteiger partial charge is 0.173 e. The van der Waals surface area contributed by atoms with E-state index in [1.807, 2.05) is 18.3 Å². The van der Waals surface area contributed by atoms with Crippen molar-refractivity contribution in [3.05, 3.63) is 60.2 Å². The first kappa shape index (κ1) is 19.7. The molecule has 1 aromatic heterocycles. The van der Waals surface area contributed by atoms with Crippen LogP contribution < -0.4 is 5.32 Å². The van der Waals surface area contributed by atoms with E-state index in [-0.39, 0.29) is 5.82 Å². The van der Waals surface area contributed by atoms with Gasteiger partial charge in [-0.2, -0.15) is 0 Å². The van der Waals surface area contributed by atoms with Gasteiger partial charge >= 0.3 is 0 Å². The standard InChI is InChI=1S/C20H25FN4OS/c21-18-6-1-2-7-19(18)23-20(27)25(16-17-5-3-8-22-15-17)10-4-9-24-11-13-26-14-12-24/h1-3,5-8,15H,4,9-14,16H2,(H,23,27). The molecule has 0 aliphatic carbocycles. The topological polar surface area (TPSA) is 40.6 Å². The van der Waals surface area contributed by atoms with Gasteiger partial charge in [-0.3, -0.25) is 9.88 Å². The van der Waals surface area contributed by atoms with E-state index in [9.17, 15) is 4.39 Å². The molecule has 0 amide bonds. The summed E-state index contributed by atoms with van der Waals surface area (Å²) < 4.78 is 19.4. The molecule has 1 aliphatic heterocycles. The van der Waals surface area contributed by atoms with Gasteiger partial charge < -0.3 is 15.0 Å². The van der Waals surface area contributed by atoms with Gasteiger partial charge in [0, 0.05) is 45.1 Å². The first-order valence-corrected chi connectivity index (χ1v) is 9.62. The predicted molar refractivity (Wildman–Crippen MR) is 109 cm³/mol. The lowest BCUT2D eigenvalue weighted by Gasteiger charge is -2.29. The third-order valence-corrected chi connectivity index (χ3v) is 4.87. The lowest BCUT2D eigenvalue weighted by Crippen LogP contribution is -2.40. The summed E-state index contributed by atoms with van der Waals surface area (Å²) in [5, 5.41) is 3.57. The third kappa shape index (κ3) is 6.23. The zero-order chi connectivity index (χ0) is 18.9. The predicted octanol–water partition coefficient (Wildman–Crippen LogP) is 3.14. The van der Waals surface area contributed by atoms with Crippen LogP contribution in [0.2, 0.25) is 0 Å². The number of ether oxygens (including phenoxy) is 1. The largest absolute Gasteiger partial charge is 0.379 e. The van der Waals surface area contributed by atoms with Crippen LogP contribution in [0.1, 0.15) is 12.0 Å². The Balaban J connectivity index is 1.61. The normalized spacial score (nSPS) is 14.7. The van der Waals surface area contributed by atoms with E-state index in [4.69, 9.17) is 17.0 Å². The molecule has 2 heterocycles. The number of benzene rings is 1. The van der Waals surface area contributed by atoms with Crippen LogP contribution in [0.5, 0.6) is 0 Å². The van der Waals surface area contributed by atoms with E-state index in [2.05, 4.69) is 20.1 Å². The molecule has 144 valence electrons. The van der Waals surface area contributed by atoms with Crippen molar-refractivity contribution in [3.63, 3.8) is 0 Å². The summed E-state index contributed by atoms with van der Waals surface area (Å²) in [5.41, 5.74) is 1.47. The summed E-state index contributed by atoms with van der Waals surface area (Å²) in [6.45, 7) is 5.96.